The molecule has 2 aliphatic rings. The Bertz CT molecular complexity index is 777. The molecule has 2 rings (SSSR count). The summed E-state index contributed by atoms with van der Waals surface area (Å²) >= 11 is 0. The summed E-state index contributed by atoms with van der Waals surface area (Å²) in [6.45, 7) is 12.9. The van der Waals surface area contributed by atoms with Crippen molar-refractivity contribution in [2.24, 2.45) is 22.7 Å². The molecule has 0 bridgehead atoms. The Kier molecular flexibility index (Phi) is 8.72. The van der Waals surface area contributed by atoms with Crippen LogP contribution in [0.4, 0.5) is 0 Å². The van der Waals surface area contributed by atoms with Crippen molar-refractivity contribution in [3.63, 3.8) is 0 Å². The van der Waals surface area contributed by atoms with Gasteiger partial charge in [-0.25, -0.2) is 0 Å². The number of allylic oxidation sites excluding steroid dienone is 3. The fraction of sp³-hybridized carbons (Fsp3) is 0.731. The average Bonchev–Trinajstić information content (AvgIpc) is 2.64. The monoisotopic (exact) mass is 448 g/mol. The van der Waals surface area contributed by atoms with Crippen molar-refractivity contribution in [2.45, 2.75) is 92.6 Å². The van der Waals surface area contributed by atoms with Gasteiger partial charge in [-0.1, -0.05) is 38.0 Å². The number of aliphatic carboxylic acids is 1. The molecule has 2 aliphatic carbocycles. The second-order valence-electron chi connectivity index (χ2n) is 10.6. The molecule has 0 amide bonds. The maximum atomic E-state index is 12.3. The zero-order valence-electron chi connectivity index (χ0n) is 20.5. The van der Waals surface area contributed by atoms with Gasteiger partial charge in [-0.3, -0.25) is 14.4 Å². The number of ether oxygens (including phenoxy) is 2. The molecule has 1 saturated carbocycles. The van der Waals surface area contributed by atoms with E-state index in [0.29, 0.717) is 18.4 Å². The minimum absolute atomic E-state index is 0.00546. The third-order valence-electron chi connectivity index (χ3n) is 7.57. The van der Waals surface area contributed by atoms with Crippen molar-refractivity contribution in [1.29, 1.82) is 0 Å². The molecule has 0 aromatic heterocycles. The number of hydrogen-bond acceptors (Lipinski definition) is 5. The molecule has 0 unspecified atom stereocenters. The van der Waals surface area contributed by atoms with E-state index >= 15 is 0 Å². The van der Waals surface area contributed by atoms with Gasteiger partial charge in [0.1, 0.15) is 12.7 Å². The van der Waals surface area contributed by atoms with Crippen LogP contribution >= 0.6 is 0 Å². The van der Waals surface area contributed by atoms with Gasteiger partial charge >= 0.3 is 17.9 Å². The molecule has 0 saturated heterocycles. The Balaban J connectivity index is 2.14. The van der Waals surface area contributed by atoms with E-state index in [2.05, 4.69) is 40.7 Å². The molecule has 32 heavy (non-hydrogen) atoms. The average molecular weight is 449 g/mol. The molecule has 0 aromatic carbocycles. The van der Waals surface area contributed by atoms with E-state index in [1.54, 1.807) is 0 Å². The summed E-state index contributed by atoms with van der Waals surface area (Å²) in [7, 11) is 0. The first kappa shape index (κ1) is 26.1. The number of hydrogen-bond donors (Lipinski definition) is 1. The molecular weight excluding hydrogens is 408 g/mol. The molecule has 4 atom stereocenters. The summed E-state index contributed by atoms with van der Waals surface area (Å²) in [4.78, 5) is 34.1. The lowest BCUT2D eigenvalue weighted by atomic mass is 9.47. The molecule has 6 nitrogen and oxygen atoms in total. The predicted molar refractivity (Wildman–Crippen MR) is 123 cm³/mol. The molecule has 0 aromatic rings. The highest BCUT2D eigenvalue weighted by molar-refractivity contribution is 5.76. The zero-order valence-corrected chi connectivity index (χ0v) is 20.5. The summed E-state index contributed by atoms with van der Waals surface area (Å²) in [5.74, 6) is -0.813. The SMILES string of the molecule is CC(=O)OC/C=C(\C)CC[C@@H]1C(C)=CC[C@@H]2C(C)(C)C[C@@H](OC(=O)CCC(=O)O)C[C@@]12C. The van der Waals surface area contributed by atoms with E-state index in [9.17, 15) is 14.4 Å². The van der Waals surface area contributed by atoms with Crippen molar-refractivity contribution >= 4 is 17.9 Å². The lowest BCUT2D eigenvalue weighted by Gasteiger charge is -2.58. The van der Waals surface area contributed by atoms with Gasteiger partial charge in [0.25, 0.3) is 0 Å². The number of fused-ring (bicyclic) bond motifs is 1. The van der Waals surface area contributed by atoms with Crippen LogP contribution in [0.15, 0.2) is 23.3 Å². The summed E-state index contributed by atoms with van der Waals surface area (Å²) in [5.41, 5.74) is 2.61. The molecule has 0 heterocycles. The van der Waals surface area contributed by atoms with E-state index < -0.39 is 11.9 Å². The Hall–Kier alpha value is -2.11. The summed E-state index contributed by atoms with van der Waals surface area (Å²) < 4.78 is 10.8. The number of carboxylic acid groups (broad SMARTS) is 1. The highest BCUT2D eigenvalue weighted by atomic mass is 16.5. The minimum Gasteiger partial charge on any atom is -0.481 e. The lowest BCUT2D eigenvalue weighted by Crippen LogP contribution is -2.53. The summed E-state index contributed by atoms with van der Waals surface area (Å²) in [5, 5.41) is 8.85. The van der Waals surface area contributed by atoms with Crippen LogP contribution in [0.1, 0.15) is 86.5 Å². The Morgan fingerprint density at radius 3 is 2.44 bits per heavy atom. The molecule has 1 N–H and O–H groups in total. The van der Waals surface area contributed by atoms with Gasteiger partial charge in [-0.05, 0) is 74.7 Å². The number of esters is 2. The van der Waals surface area contributed by atoms with Crippen LogP contribution in [0, 0.1) is 22.7 Å². The van der Waals surface area contributed by atoms with E-state index in [4.69, 9.17) is 14.6 Å². The third kappa shape index (κ3) is 6.69. The van der Waals surface area contributed by atoms with E-state index in [1.165, 1.54) is 18.1 Å². The van der Waals surface area contributed by atoms with Crippen LogP contribution < -0.4 is 0 Å². The van der Waals surface area contributed by atoms with Gasteiger partial charge < -0.3 is 14.6 Å². The summed E-state index contributed by atoms with van der Waals surface area (Å²) in [6.07, 6.45) is 8.43. The third-order valence-corrected chi connectivity index (χ3v) is 7.57. The molecule has 0 aliphatic heterocycles. The van der Waals surface area contributed by atoms with Crippen LogP contribution in [0.25, 0.3) is 0 Å². The van der Waals surface area contributed by atoms with Gasteiger partial charge in [0, 0.05) is 6.92 Å². The molecule has 180 valence electrons. The van der Waals surface area contributed by atoms with Gasteiger partial charge in [-0.15, -0.1) is 0 Å². The first-order chi connectivity index (χ1) is 14.8. The number of carbonyl (C=O) groups is 3. The van der Waals surface area contributed by atoms with Crippen molar-refractivity contribution in [3.05, 3.63) is 23.3 Å². The maximum absolute atomic E-state index is 12.3. The van der Waals surface area contributed by atoms with Crippen LogP contribution in [0.2, 0.25) is 0 Å². The van der Waals surface area contributed by atoms with Gasteiger partial charge in [0.05, 0.1) is 12.8 Å². The second-order valence-corrected chi connectivity index (χ2v) is 10.6. The number of carbonyl (C=O) groups excluding carboxylic acids is 2. The largest absolute Gasteiger partial charge is 0.481 e. The normalized spacial score (nSPS) is 29.5. The van der Waals surface area contributed by atoms with Crippen molar-refractivity contribution in [3.8, 4) is 0 Å². The number of rotatable bonds is 9. The highest BCUT2D eigenvalue weighted by Gasteiger charge is 2.55. The first-order valence-electron chi connectivity index (χ1n) is 11.7. The minimum atomic E-state index is -0.983. The molecule has 6 heteroatoms. The highest BCUT2D eigenvalue weighted by Crippen LogP contribution is 2.61. The van der Waals surface area contributed by atoms with Crippen molar-refractivity contribution in [1.82, 2.24) is 0 Å². The van der Waals surface area contributed by atoms with Crippen molar-refractivity contribution in [2.75, 3.05) is 6.61 Å². The van der Waals surface area contributed by atoms with E-state index in [-0.39, 0.29) is 35.7 Å². The van der Waals surface area contributed by atoms with Crippen molar-refractivity contribution < 1.29 is 29.0 Å². The van der Waals surface area contributed by atoms with Crippen LogP contribution in [0.3, 0.4) is 0 Å². The molecule has 1 fully saturated rings. The molecule has 0 spiro atoms. The molecule has 0 radical (unpaired) electrons. The van der Waals surface area contributed by atoms with Gasteiger partial charge in [0.2, 0.25) is 0 Å². The summed E-state index contributed by atoms with van der Waals surface area (Å²) in [6, 6.07) is 0. The Morgan fingerprint density at radius 2 is 1.81 bits per heavy atom. The standard InChI is InChI=1S/C26H40O6/c1-17(13-14-31-19(3)27)7-9-21-18(2)8-10-22-25(4,5)15-20(16-26(21,22)6)32-24(30)12-11-23(28)29/h8,13,20-22H,7,9-12,14-16H2,1-6H3,(H,28,29)/b17-13+/t20-,21-,22-,26+/m1/s1. The van der Waals surface area contributed by atoms with Crippen LogP contribution in [-0.4, -0.2) is 35.7 Å². The smallest absolute Gasteiger partial charge is 0.306 e. The molecular formula is C26H40O6. The van der Waals surface area contributed by atoms with Crippen LogP contribution in [0.5, 0.6) is 0 Å². The van der Waals surface area contributed by atoms with Gasteiger partial charge in [0.15, 0.2) is 0 Å². The fourth-order valence-electron chi connectivity index (χ4n) is 6.14. The predicted octanol–water partition coefficient (Wildman–Crippen LogP) is 5.46. The van der Waals surface area contributed by atoms with E-state index in [1.807, 2.05) is 6.08 Å². The van der Waals surface area contributed by atoms with Crippen LogP contribution in [-0.2, 0) is 23.9 Å². The fourth-order valence-corrected chi connectivity index (χ4v) is 6.14. The second kappa shape index (κ2) is 10.7. The zero-order chi connectivity index (χ0) is 24.1. The number of carboxylic acids is 1. The topological polar surface area (TPSA) is 89.9 Å². The quantitative estimate of drug-likeness (QED) is 0.372. The first-order valence-corrected chi connectivity index (χ1v) is 11.7. The van der Waals surface area contributed by atoms with Gasteiger partial charge in [-0.2, -0.15) is 0 Å². The maximum Gasteiger partial charge on any atom is 0.306 e. The van der Waals surface area contributed by atoms with E-state index in [0.717, 1.165) is 32.1 Å². The Morgan fingerprint density at radius 1 is 1.12 bits per heavy atom. The Labute approximate surface area is 192 Å². The lowest BCUT2D eigenvalue weighted by molar-refractivity contribution is -0.165.